The van der Waals surface area contributed by atoms with E-state index in [2.05, 4.69) is 44.6 Å². The number of halogens is 1. The Morgan fingerprint density at radius 3 is 2.45 bits per heavy atom. The lowest BCUT2D eigenvalue weighted by Crippen LogP contribution is -2.42. The molecule has 2 aromatic rings. The summed E-state index contributed by atoms with van der Waals surface area (Å²) in [6, 6.07) is 7.76. The molecule has 29 heavy (non-hydrogen) atoms. The van der Waals surface area contributed by atoms with E-state index in [1.165, 1.54) is 18.4 Å². The van der Waals surface area contributed by atoms with E-state index in [-0.39, 0.29) is 30.0 Å². The second kappa shape index (κ2) is 11.6. The number of aliphatic imine (C=N–C) groups is 1. The van der Waals surface area contributed by atoms with Gasteiger partial charge in [0, 0.05) is 38.1 Å². The van der Waals surface area contributed by atoms with Gasteiger partial charge in [0.1, 0.15) is 0 Å². The first-order valence-electron chi connectivity index (χ1n) is 9.24. The number of hydrogen-bond acceptors (Lipinski definition) is 4. The monoisotopic (exact) mass is 514 g/mol. The van der Waals surface area contributed by atoms with Crippen LogP contribution in [0, 0.1) is 13.8 Å². The minimum absolute atomic E-state index is 0. The molecule has 0 saturated heterocycles. The Morgan fingerprint density at radius 1 is 1.28 bits per heavy atom. The van der Waals surface area contributed by atoms with Gasteiger partial charge in [-0.2, -0.15) is 5.10 Å². The zero-order valence-corrected chi connectivity index (χ0v) is 20.2. The third-order valence-electron chi connectivity index (χ3n) is 4.62. The molecule has 0 saturated carbocycles. The molecule has 1 atom stereocenters. The first kappa shape index (κ1) is 24.7. The van der Waals surface area contributed by atoms with Crippen molar-refractivity contribution in [2.75, 3.05) is 19.5 Å². The lowest BCUT2D eigenvalue weighted by molar-refractivity contribution is 0.187. The number of nitrogens with one attached hydrogen (secondary N) is 3. The van der Waals surface area contributed by atoms with Crippen molar-refractivity contribution < 1.29 is 9.53 Å². The van der Waals surface area contributed by atoms with Crippen LogP contribution in [0.15, 0.2) is 29.3 Å². The Labute approximate surface area is 189 Å². The van der Waals surface area contributed by atoms with Gasteiger partial charge < -0.3 is 15.4 Å². The molecule has 0 aliphatic heterocycles. The molecule has 0 radical (unpaired) electrons. The van der Waals surface area contributed by atoms with E-state index in [4.69, 9.17) is 0 Å². The molecule has 1 aromatic carbocycles. The maximum absolute atomic E-state index is 11.2. The number of carbonyl (C=O) groups is 1. The molecule has 3 N–H and O–H groups in total. The van der Waals surface area contributed by atoms with Crippen LogP contribution in [0.3, 0.4) is 0 Å². The van der Waals surface area contributed by atoms with E-state index in [9.17, 15) is 4.79 Å². The first-order valence-corrected chi connectivity index (χ1v) is 9.24. The molecular weight excluding hydrogens is 483 g/mol. The summed E-state index contributed by atoms with van der Waals surface area (Å²) in [5.74, 6) is 0.739. The van der Waals surface area contributed by atoms with Crippen LogP contribution >= 0.6 is 24.0 Å². The number of aromatic nitrogens is 2. The highest BCUT2D eigenvalue weighted by Gasteiger charge is 2.14. The summed E-state index contributed by atoms with van der Waals surface area (Å²) in [7, 11) is 5.06. The molecule has 1 heterocycles. The van der Waals surface area contributed by atoms with Gasteiger partial charge in [0.2, 0.25) is 0 Å². The van der Waals surface area contributed by atoms with E-state index < -0.39 is 6.09 Å². The van der Waals surface area contributed by atoms with Gasteiger partial charge in [0.05, 0.1) is 12.8 Å². The number of methoxy groups -OCH3 is 1. The van der Waals surface area contributed by atoms with Crippen molar-refractivity contribution >= 4 is 41.7 Å². The van der Waals surface area contributed by atoms with Crippen LogP contribution in [0.5, 0.6) is 0 Å². The molecule has 1 amide bonds. The number of benzene rings is 1. The van der Waals surface area contributed by atoms with Crippen molar-refractivity contribution in [2.24, 2.45) is 12.0 Å². The first-order chi connectivity index (χ1) is 13.3. The normalized spacial score (nSPS) is 12.0. The highest BCUT2D eigenvalue weighted by atomic mass is 127. The molecular formula is C20H31IN6O2. The summed E-state index contributed by atoms with van der Waals surface area (Å²) >= 11 is 0. The number of guanidine groups is 1. The largest absolute Gasteiger partial charge is 0.453 e. The Hall–Kier alpha value is -2.30. The van der Waals surface area contributed by atoms with Crippen LogP contribution in [0.2, 0.25) is 0 Å². The van der Waals surface area contributed by atoms with Gasteiger partial charge in [-0.25, -0.2) is 4.79 Å². The standard InChI is InChI=1S/C20H30N6O2.HI/c1-13(11-18-14(2)25-26(5)15(18)3)23-19(21-4)22-12-16-7-9-17(10-8-16)24-20(27)28-6;/h7-10,13H,11-12H2,1-6H3,(H,24,27)(H2,21,22,23);1H. The maximum atomic E-state index is 11.2. The average molecular weight is 514 g/mol. The minimum Gasteiger partial charge on any atom is -0.453 e. The van der Waals surface area contributed by atoms with Crippen LogP contribution < -0.4 is 16.0 Å². The van der Waals surface area contributed by atoms with Crippen molar-refractivity contribution in [3.63, 3.8) is 0 Å². The Morgan fingerprint density at radius 2 is 1.93 bits per heavy atom. The van der Waals surface area contributed by atoms with Gasteiger partial charge in [-0.05, 0) is 50.5 Å². The van der Waals surface area contributed by atoms with Crippen LogP contribution in [0.25, 0.3) is 0 Å². The highest BCUT2D eigenvalue weighted by molar-refractivity contribution is 14.0. The van der Waals surface area contributed by atoms with Gasteiger partial charge in [0.25, 0.3) is 0 Å². The smallest absolute Gasteiger partial charge is 0.411 e. The van der Waals surface area contributed by atoms with E-state index in [0.717, 1.165) is 23.6 Å². The molecule has 0 fully saturated rings. The number of ether oxygens (including phenoxy) is 1. The number of nitrogens with zero attached hydrogens (tertiary/aromatic N) is 3. The number of carbonyl (C=O) groups excluding carboxylic acids is 1. The zero-order chi connectivity index (χ0) is 20.7. The van der Waals surface area contributed by atoms with Crippen LogP contribution in [0.1, 0.15) is 29.4 Å². The molecule has 0 spiro atoms. The van der Waals surface area contributed by atoms with E-state index in [1.54, 1.807) is 7.05 Å². The predicted octanol–water partition coefficient (Wildman–Crippen LogP) is 3.13. The molecule has 1 unspecified atom stereocenters. The lowest BCUT2D eigenvalue weighted by Gasteiger charge is -2.18. The summed E-state index contributed by atoms with van der Waals surface area (Å²) in [6.45, 7) is 6.89. The SMILES string of the molecule is CN=C(NCc1ccc(NC(=O)OC)cc1)NC(C)Cc1c(C)nn(C)c1C.I. The van der Waals surface area contributed by atoms with E-state index in [0.29, 0.717) is 12.2 Å². The number of hydrogen-bond donors (Lipinski definition) is 3. The Bertz CT molecular complexity index is 832. The molecule has 0 aliphatic rings. The zero-order valence-electron chi connectivity index (χ0n) is 17.9. The number of anilines is 1. The summed E-state index contributed by atoms with van der Waals surface area (Å²) in [5.41, 5.74) is 5.29. The topological polar surface area (TPSA) is 92.6 Å². The number of amides is 1. The maximum Gasteiger partial charge on any atom is 0.411 e. The molecule has 8 nitrogen and oxygen atoms in total. The molecule has 0 bridgehead atoms. The van der Waals surface area contributed by atoms with Gasteiger partial charge in [-0.15, -0.1) is 24.0 Å². The minimum atomic E-state index is -0.483. The van der Waals surface area contributed by atoms with Gasteiger partial charge in [-0.3, -0.25) is 15.0 Å². The van der Waals surface area contributed by atoms with Crippen LogP contribution in [-0.4, -0.2) is 42.0 Å². The van der Waals surface area contributed by atoms with Crippen molar-refractivity contribution in [1.29, 1.82) is 0 Å². The van der Waals surface area contributed by atoms with Gasteiger partial charge in [-0.1, -0.05) is 12.1 Å². The fourth-order valence-corrected chi connectivity index (χ4v) is 2.96. The number of rotatable bonds is 6. The Balaban J connectivity index is 0.00000420. The molecule has 160 valence electrons. The third-order valence-corrected chi connectivity index (χ3v) is 4.62. The van der Waals surface area contributed by atoms with Crippen molar-refractivity contribution in [3.8, 4) is 0 Å². The molecule has 2 rings (SSSR count). The third kappa shape index (κ3) is 7.22. The van der Waals surface area contributed by atoms with E-state index in [1.807, 2.05) is 42.9 Å². The lowest BCUT2D eigenvalue weighted by atomic mass is 10.1. The van der Waals surface area contributed by atoms with Crippen LogP contribution in [0.4, 0.5) is 10.5 Å². The average Bonchev–Trinajstić information content (AvgIpc) is 2.92. The fourth-order valence-electron chi connectivity index (χ4n) is 2.96. The second-order valence-corrected chi connectivity index (χ2v) is 6.76. The Kier molecular flexibility index (Phi) is 9.93. The summed E-state index contributed by atoms with van der Waals surface area (Å²) < 4.78 is 6.50. The quantitative estimate of drug-likeness (QED) is 0.313. The van der Waals surface area contributed by atoms with Crippen molar-refractivity contribution in [3.05, 3.63) is 46.8 Å². The summed E-state index contributed by atoms with van der Waals surface area (Å²) in [6.07, 6.45) is 0.392. The predicted molar refractivity (Wildman–Crippen MR) is 127 cm³/mol. The second-order valence-electron chi connectivity index (χ2n) is 6.76. The van der Waals surface area contributed by atoms with Crippen molar-refractivity contribution in [2.45, 2.75) is 39.8 Å². The molecule has 1 aromatic heterocycles. The van der Waals surface area contributed by atoms with Crippen molar-refractivity contribution in [1.82, 2.24) is 20.4 Å². The fraction of sp³-hybridized carbons (Fsp3) is 0.450. The summed E-state index contributed by atoms with van der Waals surface area (Å²) in [4.78, 5) is 15.5. The van der Waals surface area contributed by atoms with Gasteiger partial charge in [0.15, 0.2) is 5.96 Å². The van der Waals surface area contributed by atoms with Crippen LogP contribution in [-0.2, 0) is 24.8 Å². The summed E-state index contributed by atoms with van der Waals surface area (Å²) in [5, 5.41) is 13.8. The highest BCUT2D eigenvalue weighted by Crippen LogP contribution is 2.14. The molecule has 0 aliphatic carbocycles. The molecule has 9 heteroatoms. The van der Waals surface area contributed by atoms with E-state index >= 15 is 0 Å². The van der Waals surface area contributed by atoms with Gasteiger partial charge >= 0.3 is 6.09 Å². The number of aryl methyl sites for hydroxylation is 2.